The van der Waals surface area contributed by atoms with E-state index < -0.39 is 19.9 Å². The average molecular weight is 361 g/mol. The molecule has 0 unspecified atom stereocenters. The van der Waals surface area contributed by atoms with E-state index in [2.05, 4.69) is 9.71 Å². The predicted octanol–water partition coefficient (Wildman–Crippen LogP) is 2.33. The highest BCUT2D eigenvalue weighted by atomic mass is 35.5. The van der Waals surface area contributed by atoms with Gasteiger partial charge in [0.1, 0.15) is 0 Å². The van der Waals surface area contributed by atoms with Gasteiger partial charge in [-0.15, -0.1) is 0 Å². The number of aromatic nitrogens is 1. The summed E-state index contributed by atoms with van der Waals surface area (Å²) >= 11 is 5.85. The lowest BCUT2D eigenvalue weighted by atomic mass is 10.4. The van der Waals surface area contributed by atoms with Gasteiger partial charge >= 0.3 is 0 Å². The van der Waals surface area contributed by atoms with Crippen molar-refractivity contribution in [1.82, 2.24) is 4.98 Å². The summed E-state index contributed by atoms with van der Waals surface area (Å²) in [5.41, 5.74) is 0. The van der Waals surface area contributed by atoms with Crippen molar-refractivity contribution in [3.8, 4) is 0 Å². The lowest BCUT2D eigenvalue weighted by Crippen LogP contribution is -2.14. The van der Waals surface area contributed by atoms with Gasteiger partial charge < -0.3 is 0 Å². The molecule has 0 bridgehead atoms. The number of anilines is 1. The molecule has 1 N–H and O–H groups in total. The van der Waals surface area contributed by atoms with Gasteiger partial charge in [0, 0.05) is 6.20 Å². The van der Waals surface area contributed by atoms with Gasteiger partial charge in [0.25, 0.3) is 10.0 Å². The first-order valence-corrected chi connectivity index (χ1v) is 9.74. The summed E-state index contributed by atoms with van der Waals surface area (Å²) in [5.74, 6) is -0.0459. The molecule has 0 aliphatic heterocycles. The number of sulfonamides is 1. The second-order valence-electron chi connectivity index (χ2n) is 4.31. The zero-order chi connectivity index (χ0) is 16.4. The number of benzene rings is 1. The number of nitrogens with zero attached hydrogens (tertiary/aromatic N) is 1. The highest BCUT2D eigenvalue weighted by molar-refractivity contribution is 7.92. The smallest absolute Gasteiger partial charge is 0.262 e. The molecular formula is C13H13ClN2O4S2. The molecule has 2 aromatic rings. The molecule has 1 aromatic heterocycles. The van der Waals surface area contributed by atoms with Crippen molar-refractivity contribution in [2.45, 2.75) is 16.7 Å². The molecule has 0 saturated heterocycles. The Balaban J connectivity index is 2.33. The van der Waals surface area contributed by atoms with E-state index in [4.69, 9.17) is 11.6 Å². The Bertz CT molecular complexity index is 879. The van der Waals surface area contributed by atoms with Gasteiger partial charge in [0.05, 0.1) is 20.6 Å². The summed E-state index contributed by atoms with van der Waals surface area (Å²) < 4.78 is 50.1. The maximum atomic E-state index is 12.2. The summed E-state index contributed by atoms with van der Waals surface area (Å²) in [5, 5.41) is 0.163. The van der Waals surface area contributed by atoms with Gasteiger partial charge in [-0.25, -0.2) is 21.8 Å². The molecule has 9 heteroatoms. The van der Waals surface area contributed by atoms with Crippen LogP contribution in [0.4, 0.5) is 5.82 Å². The minimum Gasteiger partial charge on any atom is -0.262 e. The van der Waals surface area contributed by atoms with E-state index >= 15 is 0 Å². The molecule has 0 spiro atoms. The van der Waals surface area contributed by atoms with Crippen molar-refractivity contribution >= 4 is 37.3 Å². The van der Waals surface area contributed by atoms with Gasteiger partial charge in [-0.2, -0.15) is 0 Å². The van der Waals surface area contributed by atoms with E-state index in [0.29, 0.717) is 0 Å². The van der Waals surface area contributed by atoms with Crippen LogP contribution in [0.25, 0.3) is 0 Å². The van der Waals surface area contributed by atoms with Crippen LogP contribution < -0.4 is 4.72 Å². The number of nitrogens with one attached hydrogen (secondary N) is 1. The maximum absolute atomic E-state index is 12.2. The van der Waals surface area contributed by atoms with Crippen LogP contribution in [0.5, 0.6) is 0 Å². The molecule has 1 heterocycles. The minimum absolute atomic E-state index is 0.00872. The standard InChI is InChI=1S/C13H13ClN2O4S2/c1-2-21(17,18)10-5-7-11(8-6-10)22(19,20)16-13-12(14)4-3-9-15-13/h3-9H,2H2,1H3,(H,15,16). The Morgan fingerprint density at radius 2 is 1.64 bits per heavy atom. The molecule has 0 aliphatic carbocycles. The van der Waals surface area contributed by atoms with Gasteiger partial charge in [-0.1, -0.05) is 18.5 Å². The lowest BCUT2D eigenvalue weighted by Gasteiger charge is -2.09. The van der Waals surface area contributed by atoms with Crippen molar-refractivity contribution in [3.05, 3.63) is 47.6 Å². The fraction of sp³-hybridized carbons (Fsp3) is 0.154. The van der Waals surface area contributed by atoms with Crippen molar-refractivity contribution in [2.75, 3.05) is 10.5 Å². The second-order valence-corrected chi connectivity index (χ2v) is 8.68. The van der Waals surface area contributed by atoms with Crippen LogP contribution in [-0.2, 0) is 19.9 Å². The zero-order valence-electron chi connectivity index (χ0n) is 11.5. The Morgan fingerprint density at radius 1 is 1.05 bits per heavy atom. The fourth-order valence-corrected chi connectivity index (χ4v) is 3.78. The monoisotopic (exact) mass is 360 g/mol. The highest BCUT2D eigenvalue weighted by Gasteiger charge is 2.18. The molecule has 0 atom stereocenters. The van der Waals surface area contributed by atoms with E-state index in [1.165, 1.54) is 43.5 Å². The van der Waals surface area contributed by atoms with Crippen LogP contribution in [0.3, 0.4) is 0 Å². The lowest BCUT2D eigenvalue weighted by molar-refractivity contribution is 0.595. The van der Waals surface area contributed by atoms with E-state index in [-0.39, 0.29) is 26.4 Å². The third kappa shape index (κ3) is 3.57. The van der Waals surface area contributed by atoms with Crippen LogP contribution in [-0.4, -0.2) is 27.6 Å². The summed E-state index contributed by atoms with van der Waals surface area (Å²) in [4.78, 5) is 3.84. The number of sulfone groups is 1. The van der Waals surface area contributed by atoms with E-state index in [9.17, 15) is 16.8 Å². The Morgan fingerprint density at radius 3 is 2.18 bits per heavy atom. The third-order valence-electron chi connectivity index (χ3n) is 2.86. The summed E-state index contributed by atoms with van der Waals surface area (Å²) in [7, 11) is -7.27. The van der Waals surface area contributed by atoms with Crippen LogP contribution in [0.15, 0.2) is 52.4 Å². The molecule has 0 radical (unpaired) electrons. The molecule has 118 valence electrons. The summed E-state index contributed by atoms with van der Waals surface area (Å²) in [6, 6.07) is 8.04. The number of pyridine rings is 1. The largest absolute Gasteiger partial charge is 0.263 e. The number of hydrogen-bond donors (Lipinski definition) is 1. The minimum atomic E-state index is -3.90. The van der Waals surface area contributed by atoms with Gasteiger partial charge in [0.15, 0.2) is 15.7 Å². The van der Waals surface area contributed by atoms with Crippen LogP contribution >= 0.6 is 11.6 Å². The summed E-state index contributed by atoms with van der Waals surface area (Å²) in [6.07, 6.45) is 1.40. The molecule has 2 rings (SSSR count). The van der Waals surface area contributed by atoms with Crippen molar-refractivity contribution in [2.24, 2.45) is 0 Å². The predicted molar refractivity (Wildman–Crippen MR) is 84.2 cm³/mol. The quantitative estimate of drug-likeness (QED) is 0.883. The fourth-order valence-electron chi connectivity index (χ4n) is 1.64. The van der Waals surface area contributed by atoms with Crippen molar-refractivity contribution in [3.63, 3.8) is 0 Å². The van der Waals surface area contributed by atoms with Crippen molar-refractivity contribution in [1.29, 1.82) is 0 Å². The number of halogens is 1. The molecular weight excluding hydrogens is 348 g/mol. The van der Waals surface area contributed by atoms with Crippen LogP contribution in [0.1, 0.15) is 6.92 Å². The van der Waals surface area contributed by atoms with Crippen molar-refractivity contribution < 1.29 is 16.8 Å². The van der Waals surface area contributed by atoms with E-state index in [1.54, 1.807) is 6.07 Å². The Hall–Kier alpha value is -1.64. The number of hydrogen-bond acceptors (Lipinski definition) is 5. The van der Waals surface area contributed by atoms with Gasteiger partial charge in [-0.3, -0.25) is 4.72 Å². The second kappa shape index (κ2) is 6.23. The topological polar surface area (TPSA) is 93.2 Å². The normalized spacial score (nSPS) is 12.1. The summed E-state index contributed by atoms with van der Waals surface area (Å²) in [6.45, 7) is 1.52. The highest BCUT2D eigenvalue weighted by Crippen LogP contribution is 2.22. The first-order valence-electron chi connectivity index (χ1n) is 6.22. The Labute approximate surface area is 134 Å². The van der Waals surface area contributed by atoms with Crippen LogP contribution in [0.2, 0.25) is 5.02 Å². The van der Waals surface area contributed by atoms with Crippen LogP contribution in [0, 0.1) is 0 Å². The van der Waals surface area contributed by atoms with Gasteiger partial charge in [0.2, 0.25) is 0 Å². The molecule has 0 saturated carbocycles. The van der Waals surface area contributed by atoms with E-state index in [0.717, 1.165) is 0 Å². The molecule has 6 nitrogen and oxygen atoms in total. The maximum Gasteiger partial charge on any atom is 0.263 e. The molecule has 22 heavy (non-hydrogen) atoms. The molecule has 1 aromatic carbocycles. The first kappa shape index (κ1) is 16.7. The SMILES string of the molecule is CCS(=O)(=O)c1ccc(S(=O)(=O)Nc2ncccc2Cl)cc1. The van der Waals surface area contributed by atoms with Gasteiger partial charge in [-0.05, 0) is 36.4 Å². The third-order valence-corrected chi connectivity index (χ3v) is 6.27. The molecule has 0 aliphatic rings. The average Bonchev–Trinajstić information content (AvgIpc) is 2.49. The first-order chi connectivity index (χ1) is 10.3. The Kier molecular flexibility index (Phi) is 4.74. The molecule has 0 fully saturated rings. The zero-order valence-corrected chi connectivity index (χ0v) is 13.9. The van der Waals surface area contributed by atoms with E-state index in [1.807, 2.05) is 0 Å². The molecule has 0 amide bonds. The number of rotatable bonds is 5.